The topological polar surface area (TPSA) is 101 Å². The number of sulfonamides is 1. The van der Waals surface area contributed by atoms with Gasteiger partial charge in [0.05, 0.1) is 5.75 Å². The summed E-state index contributed by atoms with van der Waals surface area (Å²) in [5, 5.41) is 11.9. The van der Waals surface area contributed by atoms with Crippen LogP contribution in [0.15, 0.2) is 60.7 Å². The van der Waals surface area contributed by atoms with Gasteiger partial charge in [0.2, 0.25) is 21.1 Å². The minimum absolute atomic E-state index is 0.189. The first kappa shape index (κ1) is 22.1. The third kappa shape index (κ3) is 5.94. The maximum Gasteiger partial charge on any atom is 0.244 e. The number of carbonyl (C=O) groups is 1. The summed E-state index contributed by atoms with van der Waals surface area (Å²) in [7, 11) is -3.71. The standard InChI is InChI=1S/C21H24N4O3S2/c1-3-15(2)18(25-30(27,28)14-16-10-6-4-7-11-16)19(26)22-21-24-23-20(29-21)17-12-8-5-9-13-17/h4-13,15,18,25H,3,14H2,1-2H3,(H,22,24,26). The van der Waals surface area contributed by atoms with Crippen LogP contribution in [0.3, 0.4) is 0 Å². The van der Waals surface area contributed by atoms with Gasteiger partial charge in [0.15, 0.2) is 0 Å². The van der Waals surface area contributed by atoms with E-state index in [1.807, 2.05) is 50.2 Å². The van der Waals surface area contributed by atoms with Crippen LogP contribution in [0.1, 0.15) is 25.8 Å². The Morgan fingerprint density at radius 2 is 1.67 bits per heavy atom. The van der Waals surface area contributed by atoms with Crippen molar-refractivity contribution >= 4 is 32.4 Å². The van der Waals surface area contributed by atoms with E-state index in [9.17, 15) is 13.2 Å². The quantitative estimate of drug-likeness (QED) is 0.524. The number of aromatic nitrogens is 2. The molecule has 0 aliphatic rings. The van der Waals surface area contributed by atoms with E-state index >= 15 is 0 Å². The zero-order valence-electron chi connectivity index (χ0n) is 16.8. The fourth-order valence-corrected chi connectivity index (χ4v) is 5.04. The van der Waals surface area contributed by atoms with Gasteiger partial charge >= 0.3 is 0 Å². The van der Waals surface area contributed by atoms with Crippen molar-refractivity contribution in [3.63, 3.8) is 0 Å². The van der Waals surface area contributed by atoms with Gasteiger partial charge in [-0.05, 0) is 11.5 Å². The lowest BCUT2D eigenvalue weighted by atomic mass is 9.99. The molecule has 0 radical (unpaired) electrons. The van der Waals surface area contributed by atoms with Gasteiger partial charge in [0.25, 0.3) is 0 Å². The predicted octanol–water partition coefficient (Wildman–Crippen LogP) is 3.68. The van der Waals surface area contributed by atoms with E-state index in [-0.39, 0.29) is 11.7 Å². The van der Waals surface area contributed by atoms with Crippen LogP contribution in [-0.2, 0) is 20.6 Å². The van der Waals surface area contributed by atoms with Crippen molar-refractivity contribution in [1.82, 2.24) is 14.9 Å². The van der Waals surface area contributed by atoms with Crippen LogP contribution < -0.4 is 10.0 Å². The average Bonchev–Trinajstić information content (AvgIpc) is 3.21. The van der Waals surface area contributed by atoms with Crippen LogP contribution >= 0.6 is 11.3 Å². The molecule has 0 spiro atoms. The Morgan fingerprint density at radius 3 is 2.30 bits per heavy atom. The third-order valence-corrected chi connectivity index (χ3v) is 6.89. The molecular weight excluding hydrogens is 420 g/mol. The number of nitrogens with one attached hydrogen (secondary N) is 2. The normalized spacial score (nSPS) is 13.5. The Balaban J connectivity index is 1.72. The molecule has 0 aliphatic heterocycles. The molecule has 2 unspecified atom stereocenters. The van der Waals surface area contributed by atoms with E-state index in [0.29, 0.717) is 22.1 Å². The zero-order valence-corrected chi connectivity index (χ0v) is 18.4. The summed E-state index contributed by atoms with van der Waals surface area (Å²) in [6, 6.07) is 17.5. The van der Waals surface area contributed by atoms with E-state index in [1.54, 1.807) is 24.3 Å². The maximum absolute atomic E-state index is 12.9. The van der Waals surface area contributed by atoms with Gasteiger partial charge in [-0.25, -0.2) is 13.1 Å². The molecule has 30 heavy (non-hydrogen) atoms. The van der Waals surface area contributed by atoms with E-state index in [4.69, 9.17) is 0 Å². The molecule has 2 aromatic carbocycles. The second-order valence-electron chi connectivity index (χ2n) is 6.99. The van der Waals surface area contributed by atoms with Gasteiger partial charge in [-0.3, -0.25) is 10.1 Å². The van der Waals surface area contributed by atoms with E-state index in [0.717, 1.165) is 5.56 Å². The maximum atomic E-state index is 12.9. The molecular formula is C21H24N4O3S2. The molecule has 0 saturated carbocycles. The minimum atomic E-state index is -3.71. The molecule has 0 aliphatic carbocycles. The molecule has 9 heteroatoms. The van der Waals surface area contributed by atoms with Crippen molar-refractivity contribution in [1.29, 1.82) is 0 Å². The van der Waals surface area contributed by atoms with Crippen molar-refractivity contribution in [2.24, 2.45) is 5.92 Å². The van der Waals surface area contributed by atoms with Gasteiger partial charge in [0.1, 0.15) is 11.0 Å². The van der Waals surface area contributed by atoms with Crippen LogP contribution in [0.4, 0.5) is 5.13 Å². The molecule has 3 aromatic rings. The lowest BCUT2D eigenvalue weighted by Gasteiger charge is -2.22. The molecule has 0 fully saturated rings. The van der Waals surface area contributed by atoms with Gasteiger partial charge in [0, 0.05) is 5.56 Å². The number of anilines is 1. The van der Waals surface area contributed by atoms with E-state index < -0.39 is 22.0 Å². The molecule has 158 valence electrons. The fourth-order valence-electron chi connectivity index (χ4n) is 2.85. The monoisotopic (exact) mass is 444 g/mol. The van der Waals surface area contributed by atoms with Crippen LogP contribution in [-0.4, -0.2) is 30.6 Å². The highest BCUT2D eigenvalue weighted by atomic mass is 32.2. The van der Waals surface area contributed by atoms with Crippen LogP contribution in [0.5, 0.6) is 0 Å². The number of benzene rings is 2. The number of hydrogen-bond acceptors (Lipinski definition) is 6. The summed E-state index contributed by atoms with van der Waals surface area (Å²) in [4.78, 5) is 12.9. The van der Waals surface area contributed by atoms with Crippen molar-refractivity contribution in [2.45, 2.75) is 32.1 Å². The molecule has 0 bridgehead atoms. The molecule has 7 nitrogen and oxygen atoms in total. The Hall–Kier alpha value is -2.62. The minimum Gasteiger partial charge on any atom is -0.299 e. The lowest BCUT2D eigenvalue weighted by molar-refractivity contribution is -0.118. The van der Waals surface area contributed by atoms with Crippen LogP contribution in [0, 0.1) is 5.92 Å². The highest BCUT2D eigenvalue weighted by molar-refractivity contribution is 7.88. The third-order valence-electron chi connectivity index (χ3n) is 4.68. The summed E-state index contributed by atoms with van der Waals surface area (Å²) in [5.41, 5.74) is 1.56. The molecule has 2 N–H and O–H groups in total. The Kier molecular flexibility index (Phi) is 7.30. The second kappa shape index (κ2) is 9.92. The van der Waals surface area contributed by atoms with Gasteiger partial charge < -0.3 is 0 Å². The van der Waals surface area contributed by atoms with Gasteiger partial charge in [-0.1, -0.05) is 92.3 Å². The number of carbonyl (C=O) groups excluding carboxylic acids is 1. The molecule has 1 amide bonds. The summed E-state index contributed by atoms with van der Waals surface area (Å²) < 4.78 is 27.9. The average molecular weight is 445 g/mol. The first-order valence-electron chi connectivity index (χ1n) is 9.61. The number of nitrogens with zero attached hydrogens (tertiary/aromatic N) is 2. The second-order valence-corrected chi connectivity index (χ2v) is 9.72. The first-order valence-corrected chi connectivity index (χ1v) is 12.1. The molecule has 3 rings (SSSR count). The first-order chi connectivity index (χ1) is 14.4. The van der Waals surface area contributed by atoms with Crippen LogP contribution in [0.2, 0.25) is 0 Å². The molecule has 0 saturated heterocycles. The van der Waals surface area contributed by atoms with Gasteiger partial charge in [-0.2, -0.15) is 0 Å². The molecule has 1 aromatic heterocycles. The van der Waals surface area contributed by atoms with Gasteiger partial charge in [-0.15, -0.1) is 10.2 Å². The van der Waals surface area contributed by atoms with E-state index in [2.05, 4.69) is 20.2 Å². The van der Waals surface area contributed by atoms with E-state index in [1.165, 1.54) is 11.3 Å². The van der Waals surface area contributed by atoms with Crippen molar-refractivity contribution in [2.75, 3.05) is 5.32 Å². The lowest BCUT2D eigenvalue weighted by Crippen LogP contribution is -2.47. The zero-order chi connectivity index (χ0) is 21.6. The number of rotatable bonds is 9. The summed E-state index contributed by atoms with van der Waals surface area (Å²) in [6.07, 6.45) is 0.636. The highest BCUT2D eigenvalue weighted by Gasteiger charge is 2.29. The Labute approximate surface area is 180 Å². The molecule has 1 heterocycles. The number of hydrogen-bond donors (Lipinski definition) is 2. The SMILES string of the molecule is CCC(C)C(NS(=O)(=O)Cc1ccccc1)C(=O)Nc1nnc(-c2ccccc2)s1. The summed E-state index contributed by atoms with van der Waals surface area (Å²) >= 11 is 1.24. The summed E-state index contributed by atoms with van der Waals surface area (Å²) in [6.45, 7) is 3.75. The van der Waals surface area contributed by atoms with Crippen molar-refractivity contribution in [3.05, 3.63) is 66.2 Å². The van der Waals surface area contributed by atoms with Crippen molar-refractivity contribution in [3.8, 4) is 10.6 Å². The Morgan fingerprint density at radius 1 is 1.03 bits per heavy atom. The predicted molar refractivity (Wildman–Crippen MR) is 119 cm³/mol. The fraction of sp³-hybridized carbons (Fsp3) is 0.286. The summed E-state index contributed by atoms with van der Waals surface area (Å²) in [5.74, 6) is -0.834. The Bertz CT molecular complexity index is 1070. The smallest absolute Gasteiger partial charge is 0.244 e. The highest BCUT2D eigenvalue weighted by Crippen LogP contribution is 2.26. The molecule has 2 atom stereocenters. The van der Waals surface area contributed by atoms with Crippen LogP contribution in [0.25, 0.3) is 10.6 Å². The van der Waals surface area contributed by atoms with Crippen molar-refractivity contribution < 1.29 is 13.2 Å². The largest absolute Gasteiger partial charge is 0.299 e. The number of amides is 1.